The van der Waals surface area contributed by atoms with E-state index >= 15 is 0 Å². The van der Waals surface area contributed by atoms with Crippen LogP contribution in [0.25, 0.3) is 22.4 Å². The molecule has 4 aromatic heterocycles. The second-order valence-corrected chi connectivity index (χ2v) is 11.1. The van der Waals surface area contributed by atoms with Crippen LogP contribution in [0.3, 0.4) is 0 Å². The van der Waals surface area contributed by atoms with Crippen molar-refractivity contribution in [2.45, 2.75) is 66.2 Å². The highest BCUT2D eigenvalue weighted by Crippen LogP contribution is 2.25. The Morgan fingerprint density at radius 1 is 1.18 bits per heavy atom. The van der Waals surface area contributed by atoms with Crippen LogP contribution in [-0.2, 0) is 11.3 Å². The minimum Gasteiger partial charge on any atom is -0.444 e. The summed E-state index contributed by atoms with van der Waals surface area (Å²) < 4.78 is 9.60. The lowest BCUT2D eigenvalue weighted by molar-refractivity contribution is 0.0286. The number of imidazole rings is 1. The predicted octanol–water partition coefficient (Wildman–Crippen LogP) is 4.97. The van der Waals surface area contributed by atoms with Crippen LogP contribution in [0.1, 0.15) is 52.9 Å². The van der Waals surface area contributed by atoms with E-state index in [-0.39, 0.29) is 6.09 Å². The molecule has 0 saturated carbocycles. The number of pyridine rings is 1. The Balaban J connectivity index is 1.25. The summed E-state index contributed by atoms with van der Waals surface area (Å²) in [4.78, 5) is 32.4. The summed E-state index contributed by atoms with van der Waals surface area (Å²) in [5.41, 5.74) is 2.23. The van der Waals surface area contributed by atoms with E-state index < -0.39 is 5.60 Å². The van der Waals surface area contributed by atoms with Crippen LogP contribution in [0.5, 0.6) is 0 Å². The minimum absolute atomic E-state index is 0.253. The Kier molecular flexibility index (Phi) is 6.77. The third kappa shape index (κ3) is 5.61. The van der Waals surface area contributed by atoms with Gasteiger partial charge in [-0.1, -0.05) is 0 Å². The molecule has 4 aromatic rings. The summed E-state index contributed by atoms with van der Waals surface area (Å²) in [5.74, 6) is 3.19. The van der Waals surface area contributed by atoms with E-state index in [1.807, 2.05) is 50.7 Å². The highest BCUT2D eigenvalue weighted by atomic mass is 16.6. The van der Waals surface area contributed by atoms with Crippen molar-refractivity contribution in [3.8, 4) is 11.4 Å². The SMILES string of the molecule is Cc1nc2cnc(Nc3ccnc(-c4cnn(CC5CCN(C(=O)OC(C)(C)C)C5)c4)n3)cc2n1C(C)C. The predicted molar refractivity (Wildman–Crippen MR) is 145 cm³/mol. The van der Waals surface area contributed by atoms with Crippen molar-refractivity contribution in [3.05, 3.63) is 42.7 Å². The van der Waals surface area contributed by atoms with E-state index in [9.17, 15) is 4.79 Å². The number of likely N-dealkylation sites (tertiary alicyclic amines) is 1. The van der Waals surface area contributed by atoms with E-state index in [0.717, 1.165) is 28.8 Å². The molecule has 1 aliphatic heterocycles. The average Bonchev–Trinajstić information content (AvgIpc) is 3.56. The van der Waals surface area contributed by atoms with Crippen LogP contribution in [-0.4, -0.2) is 64.0 Å². The molecule has 11 heteroatoms. The van der Waals surface area contributed by atoms with Gasteiger partial charge in [0.15, 0.2) is 5.82 Å². The van der Waals surface area contributed by atoms with Crippen LogP contribution >= 0.6 is 0 Å². The molecule has 5 rings (SSSR count). The fraction of sp³-hybridized carbons (Fsp3) is 0.481. The first-order chi connectivity index (χ1) is 18.1. The van der Waals surface area contributed by atoms with Crippen molar-refractivity contribution >= 4 is 28.8 Å². The van der Waals surface area contributed by atoms with Crippen LogP contribution in [0.15, 0.2) is 36.9 Å². The molecule has 5 heterocycles. The molecule has 11 nitrogen and oxygen atoms in total. The van der Waals surface area contributed by atoms with E-state index in [0.29, 0.717) is 49.1 Å². The van der Waals surface area contributed by atoms with Gasteiger partial charge in [0.25, 0.3) is 0 Å². The van der Waals surface area contributed by atoms with Gasteiger partial charge in [0.2, 0.25) is 0 Å². The number of carbonyl (C=O) groups excluding carboxylic acids is 1. The Morgan fingerprint density at radius 2 is 2.00 bits per heavy atom. The Labute approximate surface area is 222 Å². The summed E-state index contributed by atoms with van der Waals surface area (Å²) in [6, 6.07) is 4.10. The second-order valence-electron chi connectivity index (χ2n) is 11.1. The highest BCUT2D eigenvalue weighted by molar-refractivity contribution is 5.79. The van der Waals surface area contributed by atoms with Gasteiger partial charge >= 0.3 is 6.09 Å². The number of rotatable bonds is 6. The van der Waals surface area contributed by atoms with Crippen LogP contribution in [0.4, 0.5) is 16.4 Å². The number of amides is 1. The van der Waals surface area contributed by atoms with Crippen LogP contribution in [0, 0.1) is 12.8 Å². The fourth-order valence-electron chi connectivity index (χ4n) is 4.86. The van der Waals surface area contributed by atoms with Crippen molar-refractivity contribution in [1.82, 2.24) is 39.2 Å². The summed E-state index contributed by atoms with van der Waals surface area (Å²) in [6.07, 6.45) is 7.88. The molecule has 1 amide bonds. The molecule has 0 aromatic carbocycles. The Bertz CT molecular complexity index is 1450. The molecule has 38 heavy (non-hydrogen) atoms. The van der Waals surface area contributed by atoms with Gasteiger partial charge in [0.1, 0.15) is 28.6 Å². The molecule has 0 aliphatic carbocycles. The topological polar surface area (TPSA) is 116 Å². The number of hydrogen-bond donors (Lipinski definition) is 1. The quantitative estimate of drug-likeness (QED) is 0.381. The Morgan fingerprint density at radius 3 is 2.76 bits per heavy atom. The van der Waals surface area contributed by atoms with Gasteiger partial charge in [0.05, 0.1) is 23.5 Å². The second kappa shape index (κ2) is 10.0. The zero-order valence-electron chi connectivity index (χ0n) is 22.8. The van der Waals surface area contributed by atoms with Gasteiger partial charge < -0.3 is 19.5 Å². The lowest BCUT2D eigenvalue weighted by atomic mass is 10.1. The zero-order valence-corrected chi connectivity index (χ0v) is 22.8. The number of ether oxygens (including phenoxy) is 1. The first-order valence-corrected chi connectivity index (χ1v) is 13.0. The summed E-state index contributed by atoms with van der Waals surface area (Å²) in [5, 5.41) is 7.82. The molecule has 1 N–H and O–H groups in total. The number of hydrogen-bond acceptors (Lipinski definition) is 8. The summed E-state index contributed by atoms with van der Waals surface area (Å²) >= 11 is 0. The first kappa shape index (κ1) is 25.6. The number of aryl methyl sites for hydroxylation is 1. The zero-order chi connectivity index (χ0) is 27.0. The smallest absolute Gasteiger partial charge is 0.410 e. The maximum Gasteiger partial charge on any atom is 0.410 e. The molecular weight excluding hydrogens is 482 g/mol. The molecule has 200 valence electrons. The largest absolute Gasteiger partial charge is 0.444 e. The molecule has 0 radical (unpaired) electrons. The van der Waals surface area contributed by atoms with Gasteiger partial charge in [-0.15, -0.1) is 0 Å². The standard InChI is InChI=1S/C27H35N9O2/c1-17(2)36-18(3)31-21-13-29-24(11-22(21)36)32-23-7-9-28-25(33-23)20-12-30-35(16-20)15-19-8-10-34(14-19)26(37)38-27(4,5)6/h7,9,11-13,16-17,19H,8,10,14-15H2,1-6H3,(H,28,29,32,33). The van der Waals surface area contributed by atoms with Crippen molar-refractivity contribution in [2.24, 2.45) is 5.92 Å². The van der Waals surface area contributed by atoms with Crippen molar-refractivity contribution in [3.63, 3.8) is 0 Å². The van der Waals surface area contributed by atoms with Crippen molar-refractivity contribution in [1.29, 1.82) is 0 Å². The molecule has 1 aliphatic rings. The van der Waals surface area contributed by atoms with E-state index in [1.54, 1.807) is 23.5 Å². The third-order valence-electron chi connectivity index (χ3n) is 6.45. The van der Waals surface area contributed by atoms with Gasteiger partial charge in [0, 0.05) is 44.1 Å². The third-order valence-corrected chi connectivity index (χ3v) is 6.45. The van der Waals surface area contributed by atoms with E-state index in [2.05, 4.69) is 48.8 Å². The first-order valence-electron chi connectivity index (χ1n) is 13.0. The van der Waals surface area contributed by atoms with Gasteiger partial charge in [-0.05, 0) is 59.9 Å². The van der Waals surface area contributed by atoms with Gasteiger partial charge in [-0.3, -0.25) is 4.68 Å². The van der Waals surface area contributed by atoms with Crippen LogP contribution < -0.4 is 5.32 Å². The number of nitrogens with zero attached hydrogens (tertiary/aromatic N) is 8. The minimum atomic E-state index is -0.492. The molecule has 1 unspecified atom stereocenters. The van der Waals surface area contributed by atoms with E-state index in [1.165, 1.54) is 0 Å². The lowest BCUT2D eigenvalue weighted by Crippen LogP contribution is -2.35. The molecule has 1 atom stereocenters. The number of fused-ring (bicyclic) bond motifs is 1. The Hall–Kier alpha value is -4.02. The average molecular weight is 518 g/mol. The van der Waals surface area contributed by atoms with Gasteiger partial charge in [-0.25, -0.2) is 24.7 Å². The normalized spacial score (nSPS) is 16.0. The fourth-order valence-corrected chi connectivity index (χ4v) is 4.86. The molecular formula is C27H35N9O2. The number of aromatic nitrogens is 7. The monoisotopic (exact) mass is 517 g/mol. The van der Waals surface area contributed by atoms with Crippen LogP contribution in [0.2, 0.25) is 0 Å². The summed E-state index contributed by atoms with van der Waals surface area (Å²) in [6.45, 7) is 14.0. The highest BCUT2D eigenvalue weighted by Gasteiger charge is 2.30. The maximum atomic E-state index is 12.4. The molecule has 1 saturated heterocycles. The number of nitrogens with one attached hydrogen (secondary N) is 1. The molecule has 1 fully saturated rings. The van der Waals surface area contributed by atoms with Gasteiger partial charge in [-0.2, -0.15) is 5.10 Å². The number of carbonyl (C=O) groups is 1. The lowest BCUT2D eigenvalue weighted by Gasteiger charge is -2.24. The maximum absolute atomic E-state index is 12.4. The number of anilines is 2. The van der Waals surface area contributed by atoms with Crippen molar-refractivity contribution in [2.75, 3.05) is 18.4 Å². The van der Waals surface area contributed by atoms with Crippen molar-refractivity contribution < 1.29 is 9.53 Å². The van der Waals surface area contributed by atoms with E-state index in [4.69, 9.17) is 4.74 Å². The molecule has 0 bridgehead atoms. The summed E-state index contributed by atoms with van der Waals surface area (Å²) in [7, 11) is 0. The molecule has 0 spiro atoms.